The average Bonchev–Trinajstić information content (AvgIpc) is 2.76. The number of rotatable bonds is 4. The van der Waals surface area contributed by atoms with Gasteiger partial charge in [0.2, 0.25) is 5.91 Å². The molecule has 1 aromatic carbocycles. The summed E-state index contributed by atoms with van der Waals surface area (Å²) in [6.07, 6.45) is 0.170. The maximum absolute atomic E-state index is 11.8. The lowest BCUT2D eigenvalue weighted by atomic mass is 10.0. The molecule has 2 N–H and O–H groups in total. The normalized spacial score (nSPS) is 22.2. The number of carboxylic acids is 1. The molecular formula is C13H14ClNO4. The predicted molar refractivity (Wildman–Crippen MR) is 69.0 cm³/mol. The van der Waals surface area contributed by atoms with Crippen molar-refractivity contribution in [3.05, 3.63) is 34.9 Å². The van der Waals surface area contributed by atoms with Crippen LogP contribution in [-0.2, 0) is 20.7 Å². The molecule has 102 valence electrons. The topological polar surface area (TPSA) is 75.6 Å². The number of carbonyl (C=O) groups is 2. The third-order valence-electron chi connectivity index (χ3n) is 3.00. The summed E-state index contributed by atoms with van der Waals surface area (Å²) in [7, 11) is 0. The summed E-state index contributed by atoms with van der Waals surface area (Å²) in [5, 5.41) is 12.2. The van der Waals surface area contributed by atoms with Gasteiger partial charge in [0.05, 0.1) is 25.7 Å². The number of hydrogen-bond acceptors (Lipinski definition) is 3. The van der Waals surface area contributed by atoms with Gasteiger partial charge in [-0.3, -0.25) is 9.59 Å². The minimum Gasteiger partial charge on any atom is -0.481 e. The van der Waals surface area contributed by atoms with Crippen LogP contribution in [0.1, 0.15) is 5.56 Å². The molecule has 0 spiro atoms. The maximum atomic E-state index is 11.8. The highest BCUT2D eigenvalue weighted by atomic mass is 35.5. The zero-order chi connectivity index (χ0) is 13.8. The van der Waals surface area contributed by atoms with Gasteiger partial charge in [-0.15, -0.1) is 0 Å². The fourth-order valence-corrected chi connectivity index (χ4v) is 2.24. The van der Waals surface area contributed by atoms with Gasteiger partial charge in [0.25, 0.3) is 0 Å². The molecule has 0 aliphatic carbocycles. The van der Waals surface area contributed by atoms with Crippen molar-refractivity contribution < 1.29 is 19.4 Å². The molecule has 2 atom stereocenters. The van der Waals surface area contributed by atoms with Crippen LogP contribution >= 0.6 is 11.6 Å². The van der Waals surface area contributed by atoms with Crippen molar-refractivity contribution in [2.24, 2.45) is 5.92 Å². The Morgan fingerprint density at radius 2 is 2.21 bits per heavy atom. The molecule has 0 bridgehead atoms. The fraction of sp³-hybridized carbons (Fsp3) is 0.385. The number of ether oxygens (including phenoxy) is 1. The Balaban J connectivity index is 1.92. The lowest BCUT2D eigenvalue weighted by Crippen LogP contribution is -2.43. The van der Waals surface area contributed by atoms with Gasteiger partial charge in [0, 0.05) is 5.02 Å². The van der Waals surface area contributed by atoms with Crippen molar-refractivity contribution in [1.82, 2.24) is 5.32 Å². The Hall–Kier alpha value is -1.59. The van der Waals surface area contributed by atoms with Crippen molar-refractivity contribution in [3.8, 4) is 0 Å². The van der Waals surface area contributed by atoms with Gasteiger partial charge in [0.1, 0.15) is 5.92 Å². The molecular weight excluding hydrogens is 270 g/mol. The smallest absolute Gasteiger partial charge is 0.311 e. The van der Waals surface area contributed by atoms with Crippen LogP contribution in [0.2, 0.25) is 5.02 Å². The van der Waals surface area contributed by atoms with Crippen LogP contribution in [0.3, 0.4) is 0 Å². The Kier molecular flexibility index (Phi) is 4.39. The first-order chi connectivity index (χ1) is 9.06. The molecule has 19 heavy (non-hydrogen) atoms. The van der Waals surface area contributed by atoms with Crippen LogP contribution in [0.5, 0.6) is 0 Å². The zero-order valence-electron chi connectivity index (χ0n) is 10.1. The molecule has 0 saturated carbocycles. The van der Waals surface area contributed by atoms with Gasteiger partial charge in [-0.1, -0.05) is 23.7 Å². The van der Waals surface area contributed by atoms with E-state index in [2.05, 4.69) is 5.32 Å². The van der Waals surface area contributed by atoms with Gasteiger partial charge in [-0.05, 0) is 17.7 Å². The molecule has 2 unspecified atom stereocenters. The summed E-state index contributed by atoms with van der Waals surface area (Å²) >= 11 is 5.83. The van der Waals surface area contributed by atoms with E-state index in [-0.39, 0.29) is 25.5 Å². The molecule has 6 heteroatoms. The first kappa shape index (κ1) is 13.8. The number of carboxylic acid groups (broad SMARTS) is 1. The first-order valence-corrected chi connectivity index (χ1v) is 6.28. The van der Waals surface area contributed by atoms with Crippen molar-refractivity contribution in [2.75, 3.05) is 13.2 Å². The molecule has 5 nitrogen and oxygen atoms in total. The van der Waals surface area contributed by atoms with E-state index in [1.165, 1.54) is 0 Å². The standard InChI is InChI=1S/C13H14ClNO4/c14-9-3-1-2-8(4-9)5-12(16)15-11-7-19-6-10(11)13(17)18/h1-4,10-11H,5-7H2,(H,15,16)(H,17,18). The highest BCUT2D eigenvalue weighted by Crippen LogP contribution is 2.15. The van der Waals surface area contributed by atoms with Crippen LogP contribution < -0.4 is 5.32 Å². The number of carbonyl (C=O) groups excluding carboxylic acids is 1. The molecule has 1 fully saturated rings. The van der Waals surface area contributed by atoms with E-state index in [1.54, 1.807) is 24.3 Å². The molecule has 0 radical (unpaired) electrons. The number of benzene rings is 1. The first-order valence-electron chi connectivity index (χ1n) is 5.90. The van der Waals surface area contributed by atoms with E-state index in [0.29, 0.717) is 5.02 Å². The SMILES string of the molecule is O=C(Cc1cccc(Cl)c1)NC1COCC1C(=O)O. The van der Waals surface area contributed by atoms with E-state index in [9.17, 15) is 9.59 Å². The second-order valence-electron chi connectivity index (χ2n) is 4.46. The maximum Gasteiger partial charge on any atom is 0.311 e. The molecule has 1 aliphatic heterocycles. The van der Waals surface area contributed by atoms with Crippen LogP contribution in [0.15, 0.2) is 24.3 Å². The number of aliphatic carboxylic acids is 1. The number of nitrogens with one attached hydrogen (secondary N) is 1. The number of hydrogen-bond donors (Lipinski definition) is 2. The lowest BCUT2D eigenvalue weighted by molar-refractivity contribution is -0.142. The monoisotopic (exact) mass is 283 g/mol. The highest BCUT2D eigenvalue weighted by molar-refractivity contribution is 6.30. The second kappa shape index (κ2) is 6.04. The van der Waals surface area contributed by atoms with Crippen LogP contribution in [0.25, 0.3) is 0 Å². The Morgan fingerprint density at radius 1 is 1.42 bits per heavy atom. The molecule has 1 saturated heterocycles. The van der Waals surface area contributed by atoms with E-state index in [0.717, 1.165) is 5.56 Å². The number of halogens is 1. The zero-order valence-corrected chi connectivity index (χ0v) is 10.9. The van der Waals surface area contributed by atoms with Crippen molar-refractivity contribution in [3.63, 3.8) is 0 Å². The van der Waals surface area contributed by atoms with E-state index >= 15 is 0 Å². The Morgan fingerprint density at radius 3 is 2.89 bits per heavy atom. The summed E-state index contributed by atoms with van der Waals surface area (Å²) in [4.78, 5) is 22.8. The summed E-state index contributed by atoms with van der Waals surface area (Å²) < 4.78 is 5.08. The van der Waals surface area contributed by atoms with Crippen LogP contribution in [0.4, 0.5) is 0 Å². The predicted octanol–water partition coefficient (Wildman–Crippen LogP) is 1.10. The van der Waals surface area contributed by atoms with E-state index in [4.69, 9.17) is 21.4 Å². The highest BCUT2D eigenvalue weighted by Gasteiger charge is 2.34. The largest absolute Gasteiger partial charge is 0.481 e. The third kappa shape index (κ3) is 3.68. The van der Waals surface area contributed by atoms with Gasteiger partial charge in [-0.2, -0.15) is 0 Å². The molecule has 1 aromatic rings. The van der Waals surface area contributed by atoms with E-state index < -0.39 is 17.9 Å². The van der Waals surface area contributed by atoms with Gasteiger partial charge in [-0.25, -0.2) is 0 Å². The lowest BCUT2D eigenvalue weighted by Gasteiger charge is -2.15. The van der Waals surface area contributed by atoms with Crippen molar-refractivity contribution in [2.45, 2.75) is 12.5 Å². The summed E-state index contributed by atoms with van der Waals surface area (Å²) in [5.41, 5.74) is 0.788. The molecule has 2 rings (SSSR count). The molecule has 1 heterocycles. The second-order valence-corrected chi connectivity index (χ2v) is 4.90. The fourth-order valence-electron chi connectivity index (χ4n) is 2.03. The summed E-state index contributed by atoms with van der Waals surface area (Å²) in [6.45, 7) is 0.371. The Labute approximate surface area is 115 Å². The summed E-state index contributed by atoms with van der Waals surface area (Å²) in [6, 6.07) is 6.54. The quantitative estimate of drug-likeness (QED) is 0.868. The minimum atomic E-state index is -0.953. The molecule has 1 aliphatic rings. The van der Waals surface area contributed by atoms with Crippen molar-refractivity contribution in [1.29, 1.82) is 0 Å². The average molecular weight is 284 g/mol. The van der Waals surface area contributed by atoms with Gasteiger partial charge < -0.3 is 15.2 Å². The molecule has 0 aromatic heterocycles. The Bertz CT molecular complexity index is 491. The van der Waals surface area contributed by atoms with Crippen molar-refractivity contribution >= 4 is 23.5 Å². The summed E-state index contributed by atoms with van der Waals surface area (Å²) in [5.74, 6) is -1.86. The van der Waals surface area contributed by atoms with Crippen LogP contribution in [-0.4, -0.2) is 36.2 Å². The van der Waals surface area contributed by atoms with Gasteiger partial charge in [0.15, 0.2) is 0 Å². The van der Waals surface area contributed by atoms with E-state index in [1.807, 2.05) is 0 Å². The van der Waals surface area contributed by atoms with Gasteiger partial charge >= 0.3 is 5.97 Å². The third-order valence-corrected chi connectivity index (χ3v) is 3.23. The number of amides is 1. The minimum absolute atomic E-state index is 0.136. The van der Waals surface area contributed by atoms with Crippen LogP contribution in [0, 0.1) is 5.92 Å². The molecule has 1 amide bonds.